The number of aryl methyl sites for hydroxylation is 1. The summed E-state index contributed by atoms with van der Waals surface area (Å²) in [5.74, 6) is 0.479. The lowest BCUT2D eigenvalue weighted by atomic mass is 10.1. The number of hydrogen-bond acceptors (Lipinski definition) is 6. The maximum absolute atomic E-state index is 9.69. The molecule has 0 aliphatic heterocycles. The van der Waals surface area contributed by atoms with Crippen LogP contribution in [0.4, 0.5) is 0 Å². The molecule has 92 valence electrons. The van der Waals surface area contributed by atoms with Gasteiger partial charge in [0.25, 0.3) is 5.22 Å². The number of rotatable bonds is 3. The fraction of sp³-hybridized carbons (Fsp3) is 0.250. The average molecular weight is 261 g/mol. The number of nitrogens with zero attached hydrogens (tertiary/aromatic N) is 3. The van der Waals surface area contributed by atoms with Crippen molar-refractivity contribution in [2.75, 3.05) is 0 Å². The molecule has 2 aromatic rings. The van der Waals surface area contributed by atoms with Crippen LogP contribution in [0.15, 0.2) is 32.7 Å². The lowest BCUT2D eigenvalue weighted by Gasteiger charge is -2.09. The predicted octanol–water partition coefficient (Wildman–Crippen LogP) is 2.45. The first-order chi connectivity index (χ1) is 8.60. The van der Waals surface area contributed by atoms with E-state index in [9.17, 15) is 5.11 Å². The summed E-state index contributed by atoms with van der Waals surface area (Å²) in [7, 11) is 0. The fourth-order valence-corrected chi connectivity index (χ4v) is 2.43. The summed E-state index contributed by atoms with van der Waals surface area (Å²) in [4.78, 5) is 0.743. The number of aliphatic hydroxyl groups is 1. The van der Waals surface area contributed by atoms with Gasteiger partial charge in [0.05, 0.1) is 17.7 Å². The molecule has 0 spiro atoms. The van der Waals surface area contributed by atoms with Crippen LogP contribution in [0, 0.1) is 18.3 Å². The summed E-state index contributed by atoms with van der Waals surface area (Å²) < 4.78 is 5.27. The molecule has 0 unspecified atom stereocenters. The minimum Gasteiger partial charge on any atom is -0.416 e. The molecule has 1 atom stereocenters. The van der Waals surface area contributed by atoms with E-state index in [1.807, 2.05) is 0 Å². The van der Waals surface area contributed by atoms with E-state index < -0.39 is 6.10 Å². The van der Waals surface area contributed by atoms with Crippen LogP contribution in [0.25, 0.3) is 0 Å². The highest BCUT2D eigenvalue weighted by molar-refractivity contribution is 7.99. The molecule has 0 aliphatic carbocycles. The average Bonchev–Trinajstić information content (AvgIpc) is 2.74. The normalized spacial score (nSPS) is 12.1. The van der Waals surface area contributed by atoms with Gasteiger partial charge in [0.1, 0.15) is 0 Å². The number of nitriles is 1. The van der Waals surface area contributed by atoms with Crippen molar-refractivity contribution in [1.82, 2.24) is 10.2 Å². The largest absolute Gasteiger partial charge is 0.416 e. The molecule has 0 saturated heterocycles. The summed E-state index contributed by atoms with van der Waals surface area (Å²) in [5, 5.41) is 26.6. The van der Waals surface area contributed by atoms with Gasteiger partial charge < -0.3 is 9.52 Å². The molecule has 1 aromatic carbocycles. The zero-order valence-electron chi connectivity index (χ0n) is 9.91. The summed E-state index contributed by atoms with van der Waals surface area (Å²) in [6, 6.07) is 7.17. The standard InChI is InChI=1S/C12H11N3O2S/c1-7(16)10-4-3-9(6-13)5-11(10)18-12-15-14-8(2)17-12/h3-5,7,16H,1-2H3/t7-/m0/s1. The number of aliphatic hydroxyl groups excluding tert-OH is 1. The van der Waals surface area contributed by atoms with Gasteiger partial charge >= 0.3 is 0 Å². The summed E-state index contributed by atoms with van der Waals surface area (Å²) >= 11 is 1.24. The van der Waals surface area contributed by atoms with Crippen molar-refractivity contribution in [3.8, 4) is 6.07 Å². The Morgan fingerprint density at radius 2 is 2.22 bits per heavy atom. The monoisotopic (exact) mass is 261 g/mol. The molecule has 0 amide bonds. The SMILES string of the molecule is Cc1nnc(Sc2cc(C#N)ccc2[C@H](C)O)o1. The summed E-state index contributed by atoms with van der Waals surface area (Å²) in [6.07, 6.45) is -0.621. The van der Waals surface area contributed by atoms with Crippen molar-refractivity contribution in [1.29, 1.82) is 5.26 Å². The lowest BCUT2D eigenvalue weighted by molar-refractivity contribution is 0.196. The highest BCUT2D eigenvalue weighted by Gasteiger charge is 2.13. The van der Waals surface area contributed by atoms with E-state index in [2.05, 4.69) is 16.3 Å². The van der Waals surface area contributed by atoms with Crippen LogP contribution in [0.2, 0.25) is 0 Å². The molecular weight excluding hydrogens is 250 g/mol. The number of hydrogen-bond donors (Lipinski definition) is 1. The van der Waals surface area contributed by atoms with Crippen LogP contribution in [0.1, 0.15) is 30.0 Å². The molecule has 1 aromatic heterocycles. The zero-order valence-corrected chi connectivity index (χ0v) is 10.7. The first kappa shape index (κ1) is 12.6. The predicted molar refractivity (Wildman–Crippen MR) is 64.9 cm³/mol. The molecule has 0 saturated carbocycles. The van der Waals surface area contributed by atoms with Gasteiger partial charge in [-0.25, -0.2) is 0 Å². The van der Waals surface area contributed by atoms with E-state index >= 15 is 0 Å². The Morgan fingerprint density at radius 3 is 2.78 bits per heavy atom. The van der Waals surface area contributed by atoms with Crippen molar-refractivity contribution < 1.29 is 9.52 Å². The third-order valence-corrected chi connectivity index (χ3v) is 3.21. The lowest BCUT2D eigenvalue weighted by Crippen LogP contribution is -1.94. The Hall–Kier alpha value is -1.84. The van der Waals surface area contributed by atoms with Gasteiger partial charge in [-0.15, -0.1) is 10.2 Å². The van der Waals surface area contributed by atoms with E-state index in [0.29, 0.717) is 16.7 Å². The molecule has 0 aliphatic rings. The minimum atomic E-state index is -0.621. The van der Waals surface area contributed by atoms with Gasteiger partial charge in [-0.05, 0) is 36.4 Å². The Bertz CT molecular complexity index is 602. The fourth-order valence-electron chi connectivity index (χ4n) is 1.45. The van der Waals surface area contributed by atoms with Gasteiger partial charge in [0.2, 0.25) is 5.89 Å². The van der Waals surface area contributed by atoms with E-state index in [1.54, 1.807) is 32.0 Å². The molecular formula is C12H11N3O2S. The number of benzene rings is 1. The maximum Gasteiger partial charge on any atom is 0.281 e. The molecule has 18 heavy (non-hydrogen) atoms. The summed E-state index contributed by atoms with van der Waals surface area (Å²) in [6.45, 7) is 3.38. The van der Waals surface area contributed by atoms with Crippen LogP contribution in [-0.2, 0) is 0 Å². The van der Waals surface area contributed by atoms with E-state index in [0.717, 1.165) is 10.5 Å². The van der Waals surface area contributed by atoms with Gasteiger partial charge in [-0.3, -0.25) is 0 Å². The molecule has 2 rings (SSSR count). The van der Waals surface area contributed by atoms with Gasteiger partial charge in [-0.2, -0.15) is 5.26 Å². The van der Waals surface area contributed by atoms with Crippen molar-refractivity contribution >= 4 is 11.8 Å². The van der Waals surface area contributed by atoms with Crippen molar-refractivity contribution in [3.63, 3.8) is 0 Å². The van der Waals surface area contributed by atoms with Crippen molar-refractivity contribution in [2.24, 2.45) is 0 Å². The van der Waals surface area contributed by atoms with Crippen LogP contribution >= 0.6 is 11.8 Å². The Kier molecular flexibility index (Phi) is 3.65. The molecule has 0 fully saturated rings. The zero-order chi connectivity index (χ0) is 13.1. The first-order valence-electron chi connectivity index (χ1n) is 5.30. The van der Waals surface area contributed by atoms with Gasteiger partial charge in [-0.1, -0.05) is 6.07 Å². The van der Waals surface area contributed by atoms with Crippen LogP contribution in [0.5, 0.6) is 0 Å². The van der Waals surface area contributed by atoms with Crippen LogP contribution in [0.3, 0.4) is 0 Å². The molecule has 0 radical (unpaired) electrons. The topological polar surface area (TPSA) is 82.9 Å². The molecule has 1 N–H and O–H groups in total. The Morgan fingerprint density at radius 1 is 1.44 bits per heavy atom. The highest BCUT2D eigenvalue weighted by atomic mass is 32.2. The van der Waals surface area contributed by atoms with Gasteiger partial charge in [0, 0.05) is 11.8 Å². The molecule has 5 nitrogen and oxygen atoms in total. The van der Waals surface area contributed by atoms with Gasteiger partial charge in [0.15, 0.2) is 0 Å². The van der Waals surface area contributed by atoms with Crippen molar-refractivity contribution in [3.05, 3.63) is 35.2 Å². The van der Waals surface area contributed by atoms with E-state index in [4.69, 9.17) is 9.68 Å². The van der Waals surface area contributed by atoms with Crippen LogP contribution in [-0.4, -0.2) is 15.3 Å². The second-order valence-corrected chi connectivity index (χ2v) is 4.72. The smallest absolute Gasteiger partial charge is 0.281 e. The molecule has 1 heterocycles. The van der Waals surface area contributed by atoms with E-state index in [-0.39, 0.29) is 0 Å². The third-order valence-electron chi connectivity index (χ3n) is 2.30. The Balaban J connectivity index is 2.38. The number of aromatic nitrogens is 2. The molecule has 6 heteroatoms. The van der Waals surface area contributed by atoms with Crippen molar-refractivity contribution in [2.45, 2.75) is 30.1 Å². The first-order valence-corrected chi connectivity index (χ1v) is 6.12. The molecule has 0 bridgehead atoms. The quantitative estimate of drug-likeness (QED) is 0.913. The highest BCUT2D eigenvalue weighted by Crippen LogP contribution is 2.33. The second kappa shape index (κ2) is 5.21. The maximum atomic E-state index is 9.69. The second-order valence-electron chi connectivity index (χ2n) is 3.73. The Labute approximate surface area is 108 Å². The minimum absolute atomic E-state index is 0.393. The van der Waals surface area contributed by atoms with E-state index in [1.165, 1.54) is 11.8 Å². The summed E-state index contributed by atoms with van der Waals surface area (Å²) in [5.41, 5.74) is 1.26. The van der Waals surface area contributed by atoms with Crippen LogP contribution < -0.4 is 0 Å². The third kappa shape index (κ3) is 2.70.